The van der Waals surface area contributed by atoms with Crippen LogP contribution in [0.1, 0.15) is 31.7 Å². The minimum atomic E-state index is -0.273. The molecule has 0 spiro atoms. The summed E-state index contributed by atoms with van der Waals surface area (Å²) in [5.74, 6) is 0.622. The molecule has 122 valence electrons. The molecule has 5 nitrogen and oxygen atoms in total. The van der Waals surface area contributed by atoms with Gasteiger partial charge in [-0.3, -0.25) is 9.69 Å². The Labute approximate surface area is 132 Å². The number of nitrogens with zero attached hydrogens (tertiary/aromatic N) is 1. The van der Waals surface area contributed by atoms with Crippen molar-refractivity contribution in [3.05, 3.63) is 29.8 Å². The standard InChI is InChI=1S/C17H26N2O3/c1-13(20)10-15-7-5-9-19(15)11-14-6-3-4-8-16(14)22-12-17(21)18-2/h3-4,6,8,13,15,20H,5,7,9-12H2,1-2H3,(H,18,21). The van der Waals surface area contributed by atoms with Gasteiger partial charge in [-0.15, -0.1) is 0 Å². The van der Waals surface area contributed by atoms with Gasteiger partial charge < -0.3 is 15.2 Å². The fourth-order valence-electron chi connectivity index (χ4n) is 2.97. The van der Waals surface area contributed by atoms with Crippen LogP contribution in [0.3, 0.4) is 0 Å². The van der Waals surface area contributed by atoms with Crippen molar-refractivity contribution >= 4 is 5.91 Å². The summed E-state index contributed by atoms with van der Waals surface area (Å²) in [5.41, 5.74) is 1.09. The molecule has 0 aromatic heterocycles. The van der Waals surface area contributed by atoms with Gasteiger partial charge in [-0.05, 0) is 38.8 Å². The third-order valence-electron chi connectivity index (χ3n) is 4.10. The molecule has 2 rings (SSSR count). The van der Waals surface area contributed by atoms with E-state index in [1.807, 2.05) is 31.2 Å². The largest absolute Gasteiger partial charge is 0.483 e. The van der Waals surface area contributed by atoms with Crippen LogP contribution in [0.4, 0.5) is 0 Å². The first-order valence-electron chi connectivity index (χ1n) is 7.93. The molecule has 1 heterocycles. The van der Waals surface area contributed by atoms with E-state index in [4.69, 9.17) is 4.74 Å². The number of ether oxygens (including phenoxy) is 1. The highest BCUT2D eigenvalue weighted by atomic mass is 16.5. The number of hydrogen-bond donors (Lipinski definition) is 2. The van der Waals surface area contributed by atoms with E-state index in [1.54, 1.807) is 7.05 Å². The summed E-state index contributed by atoms with van der Waals surface area (Å²) in [6, 6.07) is 8.27. The van der Waals surface area contributed by atoms with Crippen molar-refractivity contribution in [1.29, 1.82) is 0 Å². The summed E-state index contributed by atoms with van der Waals surface area (Å²) in [7, 11) is 1.60. The second-order valence-electron chi connectivity index (χ2n) is 5.92. The van der Waals surface area contributed by atoms with Crippen molar-refractivity contribution in [1.82, 2.24) is 10.2 Å². The molecule has 1 aromatic carbocycles. The van der Waals surface area contributed by atoms with E-state index < -0.39 is 0 Å². The quantitative estimate of drug-likeness (QED) is 0.802. The van der Waals surface area contributed by atoms with Crippen LogP contribution in [0.15, 0.2) is 24.3 Å². The fraction of sp³-hybridized carbons (Fsp3) is 0.588. The zero-order valence-electron chi connectivity index (χ0n) is 13.4. The molecule has 1 fully saturated rings. The summed E-state index contributed by atoms with van der Waals surface area (Å²) < 4.78 is 5.63. The number of likely N-dealkylation sites (tertiary alicyclic amines) is 1. The Bertz CT molecular complexity index is 491. The number of carbonyl (C=O) groups excluding carboxylic acids is 1. The van der Waals surface area contributed by atoms with Gasteiger partial charge in [-0.25, -0.2) is 0 Å². The van der Waals surface area contributed by atoms with E-state index in [0.29, 0.717) is 6.04 Å². The van der Waals surface area contributed by atoms with Crippen LogP contribution in [0, 0.1) is 0 Å². The molecule has 0 bridgehead atoms. The third kappa shape index (κ3) is 4.71. The molecular weight excluding hydrogens is 280 g/mol. The van der Waals surface area contributed by atoms with Crippen LogP contribution in [0.25, 0.3) is 0 Å². The average molecular weight is 306 g/mol. The maximum absolute atomic E-state index is 11.3. The molecule has 2 N–H and O–H groups in total. The van der Waals surface area contributed by atoms with Crippen molar-refractivity contribution in [3.8, 4) is 5.75 Å². The Kier molecular flexibility index (Phi) is 6.21. The first-order valence-corrected chi connectivity index (χ1v) is 7.93. The molecule has 2 atom stereocenters. The lowest BCUT2D eigenvalue weighted by Crippen LogP contribution is -2.31. The van der Waals surface area contributed by atoms with E-state index in [1.165, 1.54) is 6.42 Å². The maximum Gasteiger partial charge on any atom is 0.257 e. The van der Waals surface area contributed by atoms with Gasteiger partial charge in [0, 0.05) is 25.2 Å². The van der Waals surface area contributed by atoms with E-state index in [2.05, 4.69) is 10.2 Å². The topological polar surface area (TPSA) is 61.8 Å². The summed E-state index contributed by atoms with van der Waals surface area (Å²) in [6.45, 7) is 3.71. The summed E-state index contributed by atoms with van der Waals surface area (Å²) in [5, 5.41) is 12.2. The second kappa shape index (κ2) is 8.15. The van der Waals surface area contributed by atoms with Crippen molar-refractivity contribution in [2.45, 2.75) is 44.9 Å². The van der Waals surface area contributed by atoms with Crippen LogP contribution in [0.5, 0.6) is 5.75 Å². The van der Waals surface area contributed by atoms with Gasteiger partial charge in [-0.2, -0.15) is 0 Å². The monoisotopic (exact) mass is 306 g/mol. The molecule has 1 aliphatic rings. The van der Waals surface area contributed by atoms with Gasteiger partial charge in [0.1, 0.15) is 5.75 Å². The number of amides is 1. The number of carbonyl (C=O) groups is 1. The lowest BCUT2D eigenvalue weighted by Gasteiger charge is -2.26. The van der Waals surface area contributed by atoms with E-state index in [0.717, 1.165) is 37.2 Å². The molecular formula is C17H26N2O3. The van der Waals surface area contributed by atoms with Gasteiger partial charge in [-0.1, -0.05) is 18.2 Å². The van der Waals surface area contributed by atoms with Gasteiger partial charge in [0.25, 0.3) is 5.91 Å². The zero-order valence-corrected chi connectivity index (χ0v) is 13.4. The van der Waals surface area contributed by atoms with E-state index >= 15 is 0 Å². The number of rotatable bonds is 7. The molecule has 1 aromatic rings. The number of benzene rings is 1. The van der Waals surface area contributed by atoms with Gasteiger partial charge in [0.15, 0.2) is 6.61 Å². The van der Waals surface area contributed by atoms with Crippen molar-refractivity contribution < 1.29 is 14.6 Å². The number of aliphatic hydroxyl groups excluding tert-OH is 1. The smallest absolute Gasteiger partial charge is 0.257 e. The Hall–Kier alpha value is -1.59. The summed E-state index contributed by atoms with van der Waals surface area (Å²) in [4.78, 5) is 13.7. The fourth-order valence-corrected chi connectivity index (χ4v) is 2.97. The van der Waals surface area contributed by atoms with Crippen LogP contribution >= 0.6 is 0 Å². The summed E-state index contributed by atoms with van der Waals surface area (Å²) in [6.07, 6.45) is 2.83. The molecule has 5 heteroatoms. The SMILES string of the molecule is CNC(=O)COc1ccccc1CN1CCCC1CC(C)O. The molecule has 1 amide bonds. The van der Waals surface area contributed by atoms with Gasteiger partial charge in [0.05, 0.1) is 6.10 Å². The van der Waals surface area contributed by atoms with Crippen LogP contribution < -0.4 is 10.1 Å². The lowest BCUT2D eigenvalue weighted by molar-refractivity contribution is -0.122. The van der Waals surface area contributed by atoms with Gasteiger partial charge in [0.2, 0.25) is 0 Å². The number of para-hydroxylation sites is 1. The molecule has 22 heavy (non-hydrogen) atoms. The Balaban J connectivity index is 2.01. The predicted octanol–water partition coefficient (Wildman–Crippen LogP) is 1.55. The van der Waals surface area contributed by atoms with Crippen molar-refractivity contribution in [2.24, 2.45) is 0 Å². The maximum atomic E-state index is 11.3. The minimum Gasteiger partial charge on any atom is -0.483 e. The minimum absolute atomic E-state index is 0.0324. The Morgan fingerprint density at radius 2 is 2.27 bits per heavy atom. The third-order valence-corrected chi connectivity index (χ3v) is 4.10. The van der Waals surface area contributed by atoms with E-state index in [9.17, 15) is 9.90 Å². The summed E-state index contributed by atoms with van der Waals surface area (Å²) >= 11 is 0. The Morgan fingerprint density at radius 1 is 1.50 bits per heavy atom. The molecule has 1 aliphatic heterocycles. The molecule has 0 radical (unpaired) electrons. The zero-order chi connectivity index (χ0) is 15.9. The number of likely N-dealkylation sites (N-methyl/N-ethyl adjacent to an activating group) is 1. The first kappa shape index (κ1) is 16.8. The van der Waals surface area contributed by atoms with Crippen LogP contribution in [-0.2, 0) is 11.3 Å². The Morgan fingerprint density at radius 3 is 3.00 bits per heavy atom. The average Bonchev–Trinajstić information content (AvgIpc) is 2.92. The highest BCUT2D eigenvalue weighted by molar-refractivity contribution is 5.77. The highest BCUT2D eigenvalue weighted by Gasteiger charge is 2.26. The first-order chi connectivity index (χ1) is 10.6. The number of aliphatic hydroxyl groups is 1. The predicted molar refractivity (Wildman–Crippen MR) is 85.7 cm³/mol. The van der Waals surface area contributed by atoms with Crippen LogP contribution in [-0.4, -0.2) is 48.3 Å². The number of nitrogens with one attached hydrogen (secondary N) is 1. The van der Waals surface area contributed by atoms with E-state index in [-0.39, 0.29) is 18.6 Å². The molecule has 1 saturated heterocycles. The highest BCUT2D eigenvalue weighted by Crippen LogP contribution is 2.27. The van der Waals surface area contributed by atoms with Gasteiger partial charge >= 0.3 is 0 Å². The normalized spacial score (nSPS) is 19.9. The molecule has 0 aliphatic carbocycles. The molecule has 0 saturated carbocycles. The van der Waals surface area contributed by atoms with Crippen molar-refractivity contribution in [3.63, 3.8) is 0 Å². The lowest BCUT2D eigenvalue weighted by atomic mass is 10.1. The van der Waals surface area contributed by atoms with Crippen molar-refractivity contribution in [2.75, 3.05) is 20.2 Å². The second-order valence-corrected chi connectivity index (χ2v) is 5.92. The van der Waals surface area contributed by atoms with Crippen LogP contribution in [0.2, 0.25) is 0 Å². The molecule has 2 unspecified atom stereocenters. The number of hydrogen-bond acceptors (Lipinski definition) is 4.